The second kappa shape index (κ2) is 18.7. The van der Waals surface area contributed by atoms with Crippen molar-refractivity contribution in [2.75, 3.05) is 6.26 Å². The molecular formula is C49H55NOS. The van der Waals surface area contributed by atoms with Gasteiger partial charge in [-0.15, -0.1) is 11.8 Å². The first-order valence-electron chi connectivity index (χ1n) is 19.3. The molecule has 1 unspecified atom stereocenters. The maximum atomic E-state index is 6.57. The number of furan rings is 1. The van der Waals surface area contributed by atoms with E-state index < -0.39 is 0 Å². The van der Waals surface area contributed by atoms with Crippen LogP contribution < -0.4 is 0 Å². The van der Waals surface area contributed by atoms with Gasteiger partial charge in [0.2, 0.25) is 0 Å². The summed E-state index contributed by atoms with van der Waals surface area (Å²) in [5.41, 5.74) is 11.0. The van der Waals surface area contributed by atoms with Crippen LogP contribution in [0, 0.1) is 0 Å². The number of thioether (sulfide) groups is 1. The molecule has 2 aromatic heterocycles. The van der Waals surface area contributed by atoms with Crippen LogP contribution in [0.4, 0.5) is 0 Å². The SMILES string of the molecule is CC.CC.CC.CSc1c(-c2ccc(-n3c4ccccc4c4c5oc6c(c5ccc43)C=CCC6)cc2)cccc1C(C)/C=C\C=CC1=CC=CCC1. The molecule has 52 heavy (non-hydrogen) atoms. The molecule has 0 N–H and O–H groups in total. The largest absolute Gasteiger partial charge is 0.460 e. The summed E-state index contributed by atoms with van der Waals surface area (Å²) in [6, 6.07) is 29.0. The molecule has 0 spiro atoms. The number of nitrogens with zero attached hydrogens (tertiary/aromatic N) is 1. The molecule has 0 fully saturated rings. The third kappa shape index (κ3) is 7.71. The highest BCUT2D eigenvalue weighted by atomic mass is 32.2. The molecule has 0 radical (unpaired) electrons. The molecule has 8 rings (SSSR count). The van der Waals surface area contributed by atoms with Crippen molar-refractivity contribution in [1.29, 1.82) is 0 Å². The molecule has 0 bridgehead atoms. The summed E-state index contributed by atoms with van der Waals surface area (Å²) >= 11 is 1.84. The van der Waals surface area contributed by atoms with Crippen molar-refractivity contribution in [3.05, 3.63) is 150 Å². The second-order valence-corrected chi connectivity index (χ2v) is 13.1. The molecule has 6 aromatic rings. The maximum absolute atomic E-state index is 6.57. The van der Waals surface area contributed by atoms with Gasteiger partial charge in [0.15, 0.2) is 0 Å². The van der Waals surface area contributed by atoms with Crippen LogP contribution in [0.3, 0.4) is 0 Å². The Labute approximate surface area is 316 Å². The highest BCUT2D eigenvalue weighted by Gasteiger charge is 2.21. The first-order chi connectivity index (χ1) is 25.7. The number of allylic oxidation sites excluding steroid dienone is 9. The van der Waals surface area contributed by atoms with Gasteiger partial charge in [0.05, 0.1) is 16.4 Å². The summed E-state index contributed by atoms with van der Waals surface area (Å²) in [5.74, 6) is 1.41. The van der Waals surface area contributed by atoms with Crippen molar-refractivity contribution in [1.82, 2.24) is 4.57 Å². The minimum Gasteiger partial charge on any atom is -0.460 e. The van der Waals surface area contributed by atoms with Gasteiger partial charge in [-0.2, -0.15) is 0 Å². The smallest absolute Gasteiger partial charge is 0.144 e. The highest BCUT2D eigenvalue weighted by molar-refractivity contribution is 7.98. The van der Waals surface area contributed by atoms with Crippen LogP contribution in [-0.4, -0.2) is 10.8 Å². The molecule has 268 valence electrons. The fourth-order valence-electron chi connectivity index (χ4n) is 7.17. The standard InChI is InChI=1S/C43H37NOS.3C2H6/c1-29(13-6-7-16-30-14-4-3-5-15-30)33-19-12-20-34(43(33)46-2)31-23-25-32(26-24-31)44-38-21-10-8-18-37(38)41-39(44)28-27-36-35-17-9-11-22-40(35)45-42(36)41;3*1-2/h3-4,6-10,12-14,16-21,23-29H,5,11,15,22H2,1-2H3;3*1-2H3/b13-6-,16-7?;;;. The topological polar surface area (TPSA) is 18.1 Å². The number of aromatic nitrogens is 1. The third-order valence-electron chi connectivity index (χ3n) is 9.47. The van der Waals surface area contributed by atoms with Crippen LogP contribution in [0.2, 0.25) is 0 Å². The molecule has 0 saturated heterocycles. The molecule has 2 aliphatic carbocycles. The first kappa shape index (κ1) is 38.5. The van der Waals surface area contributed by atoms with Crippen LogP contribution in [0.15, 0.2) is 142 Å². The Morgan fingerprint density at radius 3 is 2.27 bits per heavy atom. The van der Waals surface area contributed by atoms with Crippen LogP contribution in [0.5, 0.6) is 0 Å². The van der Waals surface area contributed by atoms with Gasteiger partial charge in [0.1, 0.15) is 11.3 Å². The van der Waals surface area contributed by atoms with Gasteiger partial charge < -0.3 is 8.98 Å². The highest BCUT2D eigenvalue weighted by Crippen LogP contribution is 2.42. The molecule has 3 heteroatoms. The van der Waals surface area contributed by atoms with Gasteiger partial charge in [-0.25, -0.2) is 0 Å². The zero-order valence-corrected chi connectivity index (χ0v) is 33.2. The van der Waals surface area contributed by atoms with Crippen LogP contribution >= 0.6 is 11.8 Å². The maximum Gasteiger partial charge on any atom is 0.144 e. The van der Waals surface area contributed by atoms with Gasteiger partial charge in [-0.3, -0.25) is 0 Å². The Bertz CT molecular complexity index is 2250. The summed E-state index contributed by atoms with van der Waals surface area (Å²) in [6.07, 6.45) is 26.4. The van der Waals surface area contributed by atoms with E-state index in [-0.39, 0.29) is 0 Å². The predicted octanol–water partition coefficient (Wildman–Crippen LogP) is 15.4. The molecule has 0 aliphatic heterocycles. The number of para-hydroxylation sites is 1. The zero-order chi connectivity index (χ0) is 37.0. The van der Waals surface area contributed by atoms with E-state index in [1.54, 1.807) is 0 Å². The Hall–Kier alpha value is -4.73. The van der Waals surface area contributed by atoms with Gasteiger partial charge in [-0.05, 0) is 78.1 Å². The van der Waals surface area contributed by atoms with E-state index in [1.165, 1.54) is 59.9 Å². The van der Waals surface area contributed by atoms with Crippen molar-refractivity contribution in [2.24, 2.45) is 0 Å². The summed E-state index contributed by atoms with van der Waals surface area (Å²) in [6.45, 7) is 14.3. The van der Waals surface area contributed by atoms with Crippen LogP contribution in [0.1, 0.15) is 90.5 Å². The van der Waals surface area contributed by atoms with E-state index in [0.717, 1.165) is 42.7 Å². The van der Waals surface area contributed by atoms with Crippen molar-refractivity contribution in [3.8, 4) is 16.8 Å². The second-order valence-electron chi connectivity index (χ2n) is 12.3. The van der Waals surface area contributed by atoms with E-state index >= 15 is 0 Å². The average molecular weight is 706 g/mol. The number of fused-ring (bicyclic) bond motifs is 7. The Balaban J connectivity index is 0.000000830. The Morgan fingerprint density at radius 2 is 1.52 bits per heavy atom. The van der Waals surface area contributed by atoms with E-state index in [0.29, 0.717) is 5.92 Å². The van der Waals surface area contributed by atoms with Crippen molar-refractivity contribution < 1.29 is 4.42 Å². The molecule has 1 atom stereocenters. The molecule has 0 amide bonds. The van der Waals surface area contributed by atoms with Crippen molar-refractivity contribution >= 4 is 50.6 Å². The molecule has 4 aromatic carbocycles. The van der Waals surface area contributed by atoms with Gasteiger partial charge in [0.25, 0.3) is 0 Å². The fourth-order valence-corrected chi connectivity index (χ4v) is 8.07. The van der Waals surface area contributed by atoms with Crippen molar-refractivity contribution in [2.45, 2.75) is 85.0 Å². The lowest BCUT2D eigenvalue weighted by molar-refractivity contribution is 0.549. The average Bonchev–Trinajstić information content (AvgIpc) is 3.78. The lowest BCUT2D eigenvalue weighted by Crippen LogP contribution is -1.96. The molecule has 2 heterocycles. The fraction of sp³-hybridized carbons (Fsp3) is 0.265. The number of aryl methyl sites for hydroxylation is 1. The summed E-state index contributed by atoms with van der Waals surface area (Å²) in [7, 11) is 0. The predicted molar refractivity (Wildman–Crippen MR) is 232 cm³/mol. The molecule has 2 aliphatic rings. The van der Waals surface area contributed by atoms with E-state index in [9.17, 15) is 0 Å². The number of hydrogen-bond donors (Lipinski definition) is 0. The van der Waals surface area contributed by atoms with E-state index in [2.05, 4.69) is 151 Å². The van der Waals surface area contributed by atoms with Gasteiger partial charge >= 0.3 is 0 Å². The van der Waals surface area contributed by atoms with E-state index in [1.807, 2.05) is 53.3 Å². The number of benzene rings is 4. The summed E-state index contributed by atoms with van der Waals surface area (Å²) in [4.78, 5) is 1.34. The van der Waals surface area contributed by atoms with Gasteiger partial charge in [-0.1, -0.05) is 152 Å². The zero-order valence-electron chi connectivity index (χ0n) is 32.4. The molecule has 0 saturated carbocycles. The normalized spacial score (nSPS) is 14.0. The Kier molecular flexibility index (Phi) is 13.8. The van der Waals surface area contributed by atoms with Crippen LogP contribution in [-0.2, 0) is 6.42 Å². The number of rotatable bonds is 7. The minimum absolute atomic E-state index is 0.309. The summed E-state index contributed by atoms with van der Waals surface area (Å²) in [5, 5.41) is 3.63. The van der Waals surface area contributed by atoms with Crippen molar-refractivity contribution in [3.63, 3.8) is 0 Å². The molecular weight excluding hydrogens is 651 g/mol. The Morgan fingerprint density at radius 1 is 0.750 bits per heavy atom. The van der Waals surface area contributed by atoms with E-state index in [4.69, 9.17) is 4.42 Å². The minimum atomic E-state index is 0.309. The van der Waals surface area contributed by atoms with Crippen LogP contribution in [0.25, 0.3) is 55.7 Å². The summed E-state index contributed by atoms with van der Waals surface area (Å²) < 4.78 is 8.96. The lowest BCUT2D eigenvalue weighted by atomic mass is 9.95. The quantitative estimate of drug-likeness (QED) is 0.122. The van der Waals surface area contributed by atoms with Gasteiger partial charge in [0, 0.05) is 39.3 Å². The number of hydrogen-bond acceptors (Lipinski definition) is 2. The molecule has 2 nitrogen and oxygen atoms in total. The first-order valence-corrected chi connectivity index (χ1v) is 20.6. The third-order valence-corrected chi connectivity index (χ3v) is 10.3. The lowest BCUT2D eigenvalue weighted by Gasteiger charge is -2.17. The monoisotopic (exact) mass is 705 g/mol.